The Morgan fingerprint density at radius 1 is 0.949 bits per heavy atom. The predicted molar refractivity (Wildman–Crippen MR) is 144 cm³/mol. The van der Waals surface area contributed by atoms with E-state index in [0.717, 1.165) is 47.7 Å². The molecule has 5 atom stereocenters. The summed E-state index contributed by atoms with van der Waals surface area (Å²) in [6, 6.07) is 0. The molecule has 1 N–H and O–H groups in total. The average molecular weight is 599 g/mol. The fourth-order valence-corrected chi connectivity index (χ4v) is 7.61. The number of thioether (sulfide) groups is 1. The van der Waals surface area contributed by atoms with Gasteiger partial charge in [0, 0.05) is 38.0 Å². The topological polar surface area (TPSA) is 143 Å². The van der Waals surface area contributed by atoms with Gasteiger partial charge in [0.05, 0.1) is 0 Å². The number of hydrogen-bond acceptors (Lipinski definition) is 13. The maximum Gasteiger partial charge on any atom is 0.303 e. The van der Waals surface area contributed by atoms with Gasteiger partial charge in [0.25, 0.3) is 0 Å². The molecule has 0 aromatic carbocycles. The summed E-state index contributed by atoms with van der Waals surface area (Å²) >= 11 is 8.43. The van der Waals surface area contributed by atoms with Crippen LogP contribution >= 0.6 is 35.3 Å². The first-order valence-corrected chi connectivity index (χ1v) is 14.7. The van der Waals surface area contributed by atoms with E-state index in [2.05, 4.69) is 4.98 Å². The third kappa shape index (κ3) is 7.16. The molecular weight excluding hydrogens is 568 g/mol. The zero-order valence-corrected chi connectivity index (χ0v) is 24.4. The Hall–Kier alpha value is -2.55. The van der Waals surface area contributed by atoms with Crippen LogP contribution in [0.3, 0.4) is 0 Å². The molecule has 0 unspecified atom stereocenters. The van der Waals surface area contributed by atoms with Crippen molar-refractivity contribution in [2.45, 2.75) is 94.8 Å². The first-order chi connectivity index (χ1) is 18.5. The number of ether oxygens (including phenoxy) is 5. The van der Waals surface area contributed by atoms with Crippen molar-refractivity contribution in [3.8, 4) is 0 Å². The second kappa shape index (κ2) is 12.7. The summed E-state index contributed by atoms with van der Waals surface area (Å²) in [5.41, 5.74) is 0.268. The maximum absolute atomic E-state index is 12.1. The van der Waals surface area contributed by atoms with Crippen molar-refractivity contribution in [2.24, 2.45) is 0 Å². The highest BCUT2D eigenvalue weighted by atomic mass is 32.2. The highest BCUT2D eigenvalue weighted by Gasteiger charge is 2.52. The van der Waals surface area contributed by atoms with E-state index in [1.807, 2.05) is 0 Å². The molecular formula is C25H30N2O9S3. The van der Waals surface area contributed by atoms with Gasteiger partial charge in [-0.2, -0.15) is 0 Å². The molecule has 2 aromatic heterocycles. The van der Waals surface area contributed by atoms with Gasteiger partial charge < -0.3 is 28.7 Å². The van der Waals surface area contributed by atoms with E-state index >= 15 is 0 Å². The number of nitrogens with zero attached hydrogens (tertiary/aromatic N) is 1. The van der Waals surface area contributed by atoms with E-state index in [4.69, 9.17) is 40.9 Å². The van der Waals surface area contributed by atoms with Crippen LogP contribution in [0.2, 0.25) is 0 Å². The fourth-order valence-electron chi connectivity index (χ4n) is 4.77. The van der Waals surface area contributed by atoms with E-state index in [-0.39, 0.29) is 6.61 Å². The Labute approximate surface area is 238 Å². The second-order valence-corrected chi connectivity index (χ2v) is 11.9. The molecule has 1 saturated heterocycles. The molecule has 2 aromatic rings. The van der Waals surface area contributed by atoms with Gasteiger partial charge in [0.1, 0.15) is 22.2 Å². The molecule has 11 nitrogen and oxygen atoms in total. The third-order valence-electron chi connectivity index (χ3n) is 6.23. The van der Waals surface area contributed by atoms with E-state index < -0.39 is 53.7 Å². The summed E-state index contributed by atoms with van der Waals surface area (Å²) in [5, 5.41) is 1.36. The lowest BCUT2D eigenvalue weighted by atomic mass is 9.99. The lowest BCUT2D eigenvalue weighted by Gasteiger charge is -2.43. The van der Waals surface area contributed by atoms with Gasteiger partial charge in [-0.15, -0.1) is 11.3 Å². The number of rotatable bonds is 7. The number of aromatic nitrogens is 2. The van der Waals surface area contributed by atoms with Crippen molar-refractivity contribution in [1.82, 2.24) is 9.97 Å². The Morgan fingerprint density at radius 3 is 2.26 bits per heavy atom. The van der Waals surface area contributed by atoms with Crippen LogP contribution in [0.1, 0.15) is 57.4 Å². The first kappa shape index (κ1) is 29.4. The Kier molecular flexibility index (Phi) is 9.62. The number of nitrogens with one attached hydrogen (secondary N) is 1. The minimum Gasteiger partial charge on any atom is -0.463 e. The van der Waals surface area contributed by atoms with Gasteiger partial charge in [-0.3, -0.25) is 19.2 Å². The normalized spacial score (nSPS) is 24.8. The lowest BCUT2D eigenvalue weighted by molar-refractivity contribution is -0.237. The van der Waals surface area contributed by atoms with Gasteiger partial charge in [-0.05, 0) is 31.2 Å². The van der Waals surface area contributed by atoms with Gasteiger partial charge in [0.2, 0.25) is 0 Å². The van der Waals surface area contributed by atoms with Gasteiger partial charge in [-0.1, -0.05) is 30.4 Å². The minimum atomic E-state index is -1.24. The molecule has 39 heavy (non-hydrogen) atoms. The number of thiophene rings is 1. The Bertz CT molecular complexity index is 1320. The number of hydrogen-bond donors (Lipinski definition) is 1. The standard InChI is InChI=1S/C25H30N2O9S3/c1-11(28)32-10-16-19(33-12(2)29)20(34-13(3)30)21(35-14(4)31)24(36-16)39-25-26-22(37)18-15-8-6-5-7-9-17(15)38-23(18)27-25/h16,19-21,24H,5-10H2,1-4H3,(H,26,27,37)/t16-,19-,20+,21-,24+/m1/s1. The Morgan fingerprint density at radius 2 is 1.59 bits per heavy atom. The summed E-state index contributed by atoms with van der Waals surface area (Å²) in [5.74, 6) is -2.62. The number of carbonyl (C=O) groups excluding carboxylic acids is 4. The molecule has 1 aliphatic heterocycles. The molecule has 1 aliphatic carbocycles. The summed E-state index contributed by atoms with van der Waals surface area (Å²) in [4.78, 5) is 57.7. The highest BCUT2D eigenvalue weighted by molar-refractivity contribution is 7.99. The van der Waals surface area contributed by atoms with Crippen LogP contribution in [0.25, 0.3) is 10.2 Å². The van der Waals surface area contributed by atoms with Crippen molar-refractivity contribution in [3.63, 3.8) is 0 Å². The number of esters is 4. The quantitative estimate of drug-likeness (QED) is 0.163. The van der Waals surface area contributed by atoms with Crippen LogP contribution in [0, 0.1) is 4.64 Å². The van der Waals surface area contributed by atoms with Crippen LogP contribution < -0.4 is 0 Å². The van der Waals surface area contributed by atoms with Crippen LogP contribution in [0.5, 0.6) is 0 Å². The van der Waals surface area contributed by atoms with Gasteiger partial charge in [-0.25, -0.2) is 4.98 Å². The van der Waals surface area contributed by atoms with Crippen molar-refractivity contribution in [3.05, 3.63) is 15.1 Å². The fraction of sp³-hybridized carbons (Fsp3) is 0.600. The summed E-state index contributed by atoms with van der Waals surface area (Å²) in [6.45, 7) is 4.49. The van der Waals surface area contributed by atoms with Gasteiger partial charge in [0.15, 0.2) is 28.9 Å². The van der Waals surface area contributed by atoms with Gasteiger partial charge >= 0.3 is 23.9 Å². The Balaban J connectivity index is 1.72. The molecule has 0 amide bonds. The molecule has 4 rings (SSSR count). The van der Waals surface area contributed by atoms with Crippen molar-refractivity contribution in [1.29, 1.82) is 0 Å². The average Bonchev–Trinajstić information content (AvgIpc) is 3.02. The van der Waals surface area contributed by atoms with E-state index in [1.54, 1.807) is 11.3 Å². The SMILES string of the molecule is CC(=O)OC[C@H]1O[C@@H](Sc2nc3sc4c(c3c(=S)[nH]2)CCCCC4)[C@H](OC(C)=O)[C@@H](OC(C)=O)[C@@H]1OC(C)=O. The van der Waals surface area contributed by atoms with Crippen LogP contribution in [0.4, 0.5) is 0 Å². The zero-order valence-electron chi connectivity index (χ0n) is 22.0. The molecule has 2 aliphatic rings. The zero-order chi connectivity index (χ0) is 28.3. The van der Waals surface area contributed by atoms with Crippen LogP contribution in [-0.4, -0.2) is 70.3 Å². The number of fused-ring (bicyclic) bond motifs is 3. The second-order valence-electron chi connectivity index (χ2n) is 9.30. The summed E-state index contributed by atoms with van der Waals surface area (Å²) < 4.78 is 28.3. The number of aryl methyl sites for hydroxylation is 2. The summed E-state index contributed by atoms with van der Waals surface area (Å²) in [7, 11) is 0. The highest BCUT2D eigenvalue weighted by Crippen LogP contribution is 2.39. The monoisotopic (exact) mass is 598 g/mol. The number of H-pyrrole nitrogens is 1. The van der Waals surface area contributed by atoms with Crippen molar-refractivity contribution in [2.75, 3.05) is 6.61 Å². The molecule has 0 radical (unpaired) electrons. The first-order valence-electron chi connectivity index (χ1n) is 12.5. The molecule has 1 fully saturated rings. The minimum absolute atomic E-state index is 0.297. The molecule has 0 bridgehead atoms. The maximum atomic E-state index is 12.1. The number of carbonyl (C=O) groups is 4. The van der Waals surface area contributed by atoms with Crippen LogP contribution in [-0.2, 0) is 55.7 Å². The smallest absolute Gasteiger partial charge is 0.303 e. The van der Waals surface area contributed by atoms with E-state index in [0.29, 0.717) is 9.80 Å². The van der Waals surface area contributed by atoms with Crippen molar-refractivity contribution >= 4 is 69.4 Å². The molecule has 3 heterocycles. The summed E-state index contributed by atoms with van der Waals surface area (Å²) in [6.07, 6.45) is 0.694. The number of aromatic amines is 1. The van der Waals surface area contributed by atoms with Crippen molar-refractivity contribution < 1.29 is 42.9 Å². The predicted octanol–water partition coefficient (Wildman–Crippen LogP) is 3.80. The largest absolute Gasteiger partial charge is 0.463 e. The van der Waals surface area contributed by atoms with E-state index in [9.17, 15) is 19.2 Å². The third-order valence-corrected chi connectivity index (χ3v) is 8.75. The molecule has 14 heteroatoms. The van der Waals surface area contributed by atoms with E-state index in [1.165, 1.54) is 44.6 Å². The lowest BCUT2D eigenvalue weighted by Crippen LogP contribution is -2.61. The van der Waals surface area contributed by atoms with Crippen LogP contribution in [0.15, 0.2) is 5.16 Å². The molecule has 0 spiro atoms. The molecule has 0 saturated carbocycles. The molecule has 212 valence electrons.